The Morgan fingerprint density at radius 3 is 2.27 bits per heavy atom. The van der Waals surface area contributed by atoms with E-state index in [9.17, 15) is 9.59 Å². The van der Waals surface area contributed by atoms with Crippen LogP contribution in [0.15, 0.2) is 0 Å². The first kappa shape index (κ1) is 24.9. The maximum absolute atomic E-state index is 12.4. The van der Waals surface area contributed by atoms with E-state index in [0.717, 1.165) is 25.2 Å². The molecule has 0 aromatic rings. The molecular formula is C32H48O5. The van der Waals surface area contributed by atoms with Crippen LogP contribution < -0.4 is 0 Å². The van der Waals surface area contributed by atoms with Crippen molar-refractivity contribution >= 4 is 11.9 Å². The number of hydrogen-bond donors (Lipinski definition) is 0. The summed E-state index contributed by atoms with van der Waals surface area (Å²) in [7, 11) is 0. The van der Waals surface area contributed by atoms with Gasteiger partial charge in [0.25, 0.3) is 0 Å². The zero-order chi connectivity index (χ0) is 26.4. The van der Waals surface area contributed by atoms with Crippen LogP contribution in [0.25, 0.3) is 0 Å². The van der Waals surface area contributed by atoms with Crippen molar-refractivity contribution < 1.29 is 23.8 Å². The Hall–Kier alpha value is -1.10. The standard InChI is InChI=1S/C32H48O5/c1-19-16-31(36-25(19)34)17-20(2)32(37-31)15-12-27(6)23-9-8-22-26(4,5)24(35-21(3)33)10-11-29(22)18-30(23,29)14-13-28(27,32)7/h19-20,22-24H,8-18H2,1-7H3/t19-,20-,22+,23-,24-,27+,28+,29-,30-,31-,32-/m1/s1. The molecule has 7 fully saturated rings. The summed E-state index contributed by atoms with van der Waals surface area (Å²) in [5, 5.41) is 0. The molecule has 0 aromatic carbocycles. The molecule has 0 radical (unpaired) electrons. The summed E-state index contributed by atoms with van der Waals surface area (Å²) in [6, 6.07) is 0. The molecule has 5 saturated carbocycles. The van der Waals surface area contributed by atoms with E-state index in [1.807, 2.05) is 6.92 Å². The fourth-order valence-corrected chi connectivity index (χ4v) is 12.9. The number of fused-ring (bicyclic) bond motifs is 3. The molecule has 206 valence electrons. The van der Waals surface area contributed by atoms with Crippen molar-refractivity contribution in [2.75, 3.05) is 0 Å². The molecule has 5 aliphatic carbocycles. The summed E-state index contributed by atoms with van der Waals surface area (Å²) < 4.78 is 19.1. The van der Waals surface area contributed by atoms with Crippen molar-refractivity contribution in [1.82, 2.24) is 0 Å². The molecule has 4 spiro atoms. The molecule has 0 unspecified atom stereocenters. The van der Waals surface area contributed by atoms with Gasteiger partial charge in [-0.25, -0.2) is 0 Å². The van der Waals surface area contributed by atoms with Gasteiger partial charge in [0.2, 0.25) is 5.79 Å². The first-order chi connectivity index (χ1) is 17.2. The van der Waals surface area contributed by atoms with Crippen LogP contribution in [0.4, 0.5) is 0 Å². The van der Waals surface area contributed by atoms with E-state index >= 15 is 0 Å². The maximum Gasteiger partial charge on any atom is 0.311 e. The van der Waals surface area contributed by atoms with Gasteiger partial charge in [-0.2, -0.15) is 0 Å². The third kappa shape index (κ3) is 2.63. The molecule has 0 amide bonds. The third-order valence-electron chi connectivity index (χ3n) is 14.6. The SMILES string of the molecule is CC(=O)O[C@@H]1CC[C@]23C[C@@]24CC[C@@]2(C)[C@@](C)(CC[C@]25O[C@]2(C[C@@H](C)C(=O)O2)C[C@H]5C)[C@H]4CC[C@H]3C1(C)C. The minimum Gasteiger partial charge on any atom is -0.462 e. The number of rotatable bonds is 1. The molecule has 7 aliphatic rings. The normalized spacial score (nSPS) is 58.9. The van der Waals surface area contributed by atoms with E-state index in [2.05, 4.69) is 34.6 Å². The Kier molecular flexibility index (Phi) is 4.69. The highest BCUT2D eigenvalue weighted by Gasteiger charge is 2.85. The van der Waals surface area contributed by atoms with Gasteiger partial charge in [0.05, 0.1) is 11.5 Å². The quantitative estimate of drug-likeness (QED) is 0.361. The first-order valence-electron chi connectivity index (χ1n) is 15.3. The minimum atomic E-state index is -0.698. The molecular weight excluding hydrogens is 464 g/mol. The van der Waals surface area contributed by atoms with Gasteiger partial charge in [-0.3, -0.25) is 9.59 Å². The van der Waals surface area contributed by atoms with Crippen LogP contribution in [0.5, 0.6) is 0 Å². The summed E-state index contributed by atoms with van der Waals surface area (Å²) >= 11 is 0. The Balaban J connectivity index is 1.21. The second kappa shape index (κ2) is 6.96. The van der Waals surface area contributed by atoms with E-state index in [0.29, 0.717) is 29.1 Å². The monoisotopic (exact) mass is 512 g/mol. The summed E-state index contributed by atoms with van der Waals surface area (Å²) in [6.07, 6.45) is 12.6. The molecule has 2 heterocycles. The zero-order valence-electron chi connectivity index (χ0n) is 24.2. The molecule has 0 aromatic heterocycles. The van der Waals surface area contributed by atoms with Crippen molar-refractivity contribution in [3.8, 4) is 0 Å². The van der Waals surface area contributed by atoms with Crippen molar-refractivity contribution in [1.29, 1.82) is 0 Å². The molecule has 2 saturated heterocycles. The van der Waals surface area contributed by atoms with Crippen LogP contribution in [0.1, 0.15) is 119 Å². The van der Waals surface area contributed by atoms with Crippen LogP contribution in [0.2, 0.25) is 0 Å². The predicted octanol–water partition coefficient (Wildman–Crippen LogP) is 6.82. The molecule has 37 heavy (non-hydrogen) atoms. The van der Waals surface area contributed by atoms with Crippen molar-refractivity contribution in [3.63, 3.8) is 0 Å². The van der Waals surface area contributed by atoms with Gasteiger partial charge in [-0.15, -0.1) is 0 Å². The van der Waals surface area contributed by atoms with Crippen molar-refractivity contribution in [2.24, 2.45) is 50.7 Å². The fraction of sp³-hybridized carbons (Fsp3) is 0.938. The van der Waals surface area contributed by atoms with Gasteiger partial charge in [0.1, 0.15) is 6.10 Å². The Labute approximate surface area is 223 Å². The van der Waals surface area contributed by atoms with Crippen molar-refractivity contribution in [2.45, 2.75) is 137 Å². The molecule has 2 aliphatic heterocycles. The maximum atomic E-state index is 12.4. The number of carbonyl (C=O) groups excluding carboxylic acids is 2. The van der Waals surface area contributed by atoms with Gasteiger partial charge in [-0.05, 0) is 91.8 Å². The molecule has 0 N–H and O–H groups in total. The number of carbonyl (C=O) groups is 2. The van der Waals surface area contributed by atoms with Gasteiger partial charge in [0, 0.05) is 30.6 Å². The highest BCUT2D eigenvalue weighted by atomic mass is 16.7. The summed E-state index contributed by atoms with van der Waals surface area (Å²) in [5.41, 5.74) is 1.05. The van der Waals surface area contributed by atoms with Crippen LogP contribution in [-0.2, 0) is 23.8 Å². The Bertz CT molecular complexity index is 1070. The average Bonchev–Trinajstić information content (AvgIpc) is 3.16. The van der Waals surface area contributed by atoms with Crippen molar-refractivity contribution in [3.05, 3.63) is 0 Å². The number of hydrogen-bond acceptors (Lipinski definition) is 5. The van der Waals surface area contributed by atoms with Gasteiger partial charge in [0.15, 0.2) is 0 Å². The van der Waals surface area contributed by atoms with Gasteiger partial charge < -0.3 is 14.2 Å². The smallest absolute Gasteiger partial charge is 0.311 e. The van der Waals surface area contributed by atoms with Crippen LogP contribution in [0, 0.1) is 50.7 Å². The number of ether oxygens (including phenoxy) is 3. The zero-order valence-corrected chi connectivity index (χ0v) is 24.2. The first-order valence-corrected chi connectivity index (χ1v) is 15.3. The largest absolute Gasteiger partial charge is 0.462 e. The molecule has 11 atom stereocenters. The average molecular weight is 513 g/mol. The molecule has 0 bridgehead atoms. The lowest BCUT2D eigenvalue weighted by Crippen LogP contribution is -2.61. The molecule has 5 heteroatoms. The third-order valence-corrected chi connectivity index (χ3v) is 14.6. The second-order valence-corrected chi connectivity index (χ2v) is 15.9. The lowest BCUT2D eigenvalue weighted by Gasteiger charge is -2.64. The fourth-order valence-electron chi connectivity index (χ4n) is 12.9. The van der Waals surface area contributed by atoms with E-state index in [1.54, 1.807) is 6.92 Å². The Morgan fingerprint density at radius 1 is 0.892 bits per heavy atom. The predicted molar refractivity (Wildman–Crippen MR) is 139 cm³/mol. The summed E-state index contributed by atoms with van der Waals surface area (Å²) in [5.74, 6) is 0.796. The lowest BCUT2D eigenvalue weighted by atomic mass is 9.41. The second-order valence-electron chi connectivity index (χ2n) is 15.9. The summed E-state index contributed by atoms with van der Waals surface area (Å²) in [6.45, 7) is 15.9. The number of esters is 2. The molecule has 7 rings (SSSR count). The van der Waals surface area contributed by atoms with Crippen LogP contribution in [0.3, 0.4) is 0 Å². The molecule has 5 nitrogen and oxygen atoms in total. The lowest BCUT2D eigenvalue weighted by molar-refractivity contribution is -0.269. The van der Waals surface area contributed by atoms with E-state index in [4.69, 9.17) is 14.2 Å². The van der Waals surface area contributed by atoms with Gasteiger partial charge in [-0.1, -0.05) is 41.5 Å². The van der Waals surface area contributed by atoms with E-state index in [-0.39, 0.29) is 45.8 Å². The van der Waals surface area contributed by atoms with Gasteiger partial charge >= 0.3 is 11.9 Å². The van der Waals surface area contributed by atoms with E-state index in [1.165, 1.54) is 44.9 Å². The highest BCUT2D eigenvalue weighted by molar-refractivity contribution is 5.74. The highest BCUT2D eigenvalue weighted by Crippen LogP contribution is 2.90. The minimum absolute atomic E-state index is 0.0371. The van der Waals surface area contributed by atoms with Crippen LogP contribution in [-0.4, -0.2) is 29.4 Å². The topological polar surface area (TPSA) is 61.8 Å². The Morgan fingerprint density at radius 2 is 1.59 bits per heavy atom. The van der Waals surface area contributed by atoms with Crippen LogP contribution >= 0.6 is 0 Å². The van der Waals surface area contributed by atoms with E-state index < -0.39 is 5.79 Å². The summed E-state index contributed by atoms with van der Waals surface area (Å²) in [4.78, 5) is 24.3.